The summed E-state index contributed by atoms with van der Waals surface area (Å²) in [4.78, 5) is 23.1. The van der Waals surface area contributed by atoms with Gasteiger partial charge in [-0.25, -0.2) is 9.48 Å². The Bertz CT molecular complexity index is 910. The van der Waals surface area contributed by atoms with Crippen molar-refractivity contribution in [3.05, 3.63) is 84.6 Å². The van der Waals surface area contributed by atoms with Gasteiger partial charge in [0.1, 0.15) is 11.3 Å². The van der Waals surface area contributed by atoms with Gasteiger partial charge in [-0.3, -0.25) is 4.79 Å². The number of aromatic nitrogens is 2. The van der Waals surface area contributed by atoms with Gasteiger partial charge in [0.2, 0.25) is 0 Å². The molecule has 0 aliphatic heterocycles. The van der Waals surface area contributed by atoms with Crippen molar-refractivity contribution in [1.29, 1.82) is 0 Å². The fourth-order valence-electron chi connectivity index (χ4n) is 2.37. The number of rotatable bonds is 5. The lowest BCUT2D eigenvalue weighted by atomic mass is 10.0. The molecule has 3 aromatic rings. The van der Waals surface area contributed by atoms with Gasteiger partial charge in [-0.15, -0.1) is 0 Å². The predicted molar refractivity (Wildman–Crippen MR) is 90.5 cm³/mol. The summed E-state index contributed by atoms with van der Waals surface area (Å²) in [5.41, 5.74) is 2.34. The van der Waals surface area contributed by atoms with Crippen LogP contribution in [-0.2, 0) is 0 Å². The van der Waals surface area contributed by atoms with Gasteiger partial charge in [-0.1, -0.05) is 49.0 Å². The number of benzene rings is 2. The number of carboxylic acid groups (broad SMARTS) is 1. The molecule has 1 N–H and O–H groups in total. The monoisotopic (exact) mass is 318 g/mol. The second-order valence-electron chi connectivity index (χ2n) is 5.12. The van der Waals surface area contributed by atoms with Crippen LogP contribution in [0.15, 0.2) is 73.4 Å². The van der Waals surface area contributed by atoms with Crippen molar-refractivity contribution in [3.63, 3.8) is 0 Å². The largest absolute Gasteiger partial charge is 0.478 e. The van der Waals surface area contributed by atoms with Crippen LogP contribution in [0.1, 0.15) is 20.7 Å². The topological polar surface area (TPSA) is 72.2 Å². The van der Waals surface area contributed by atoms with Gasteiger partial charge in [0.05, 0.1) is 5.69 Å². The Hall–Kier alpha value is -3.47. The van der Waals surface area contributed by atoms with Crippen molar-refractivity contribution >= 4 is 11.8 Å². The molecule has 0 fully saturated rings. The molecule has 5 nitrogen and oxygen atoms in total. The molecule has 2 aromatic carbocycles. The van der Waals surface area contributed by atoms with Crippen molar-refractivity contribution in [2.24, 2.45) is 0 Å². The van der Waals surface area contributed by atoms with Crippen LogP contribution in [0.4, 0.5) is 0 Å². The Labute approximate surface area is 138 Å². The number of carboxylic acids is 1. The van der Waals surface area contributed by atoms with Crippen LogP contribution in [0.2, 0.25) is 0 Å². The zero-order valence-electron chi connectivity index (χ0n) is 12.7. The van der Waals surface area contributed by atoms with E-state index in [1.165, 1.54) is 17.0 Å². The molecule has 24 heavy (non-hydrogen) atoms. The summed E-state index contributed by atoms with van der Waals surface area (Å²) >= 11 is 0. The average Bonchev–Trinajstić information content (AvgIpc) is 3.07. The van der Waals surface area contributed by atoms with Gasteiger partial charge in [-0.05, 0) is 18.2 Å². The number of hydrogen-bond acceptors (Lipinski definition) is 3. The summed E-state index contributed by atoms with van der Waals surface area (Å²) in [5.74, 6) is -1.24. The number of carbonyl (C=O) groups excluding carboxylic acids is 1. The first-order chi connectivity index (χ1) is 11.6. The molecule has 0 spiro atoms. The van der Waals surface area contributed by atoms with Crippen molar-refractivity contribution in [2.75, 3.05) is 0 Å². The van der Waals surface area contributed by atoms with Crippen LogP contribution in [-0.4, -0.2) is 26.6 Å². The molecule has 0 saturated heterocycles. The third kappa shape index (κ3) is 2.87. The van der Waals surface area contributed by atoms with Gasteiger partial charge in [0.25, 0.3) is 0 Å². The highest BCUT2D eigenvalue weighted by Crippen LogP contribution is 2.24. The predicted octanol–water partition coefficient (Wildman–Crippen LogP) is 3.61. The van der Waals surface area contributed by atoms with Crippen molar-refractivity contribution < 1.29 is 14.7 Å². The van der Waals surface area contributed by atoms with Gasteiger partial charge in [0, 0.05) is 17.3 Å². The summed E-state index contributed by atoms with van der Waals surface area (Å²) in [6.07, 6.45) is 2.72. The Morgan fingerprint density at radius 2 is 1.71 bits per heavy atom. The smallest absolute Gasteiger partial charge is 0.339 e. The zero-order valence-corrected chi connectivity index (χ0v) is 12.7. The minimum Gasteiger partial charge on any atom is -0.478 e. The number of hydrogen-bond donors (Lipinski definition) is 1. The first-order valence-electron chi connectivity index (χ1n) is 7.25. The van der Waals surface area contributed by atoms with E-state index < -0.39 is 5.97 Å². The minimum atomic E-state index is -1.06. The van der Waals surface area contributed by atoms with Gasteiger partial charge in [0.15, 0.2) is 5.78 Å². The molecule has 1 aromatic heterocycles. The van der Waals surface area contributed by atoms with Gasteiger partial charge in [-0.2, -0.15) is 5.10 Å². The minimum absolute atomic E-state index is 0.0988. The lowest BCUT2D eigenvalue weighted by Crippen LogP contribution is -1.97. The van der Waals surface area contributed by atoms with E-state index in [9.17, 15) is 14.7 Å². The van der Waals surface area contributed by atoms with Gasteiger partial charge >= 0.3 is 5.97 Å². The highest BCUT2D eigenvalue weighted by Gasteiger charge is 2.18. The summed E-state index contributed by atoms with van der Waals surface area (Å²) < 4.78 is 1.53. The molecule has 0 aliphatic rings. The lowest BCUT2D eigenvalue weighted by molar-refractivity contribution is 0.0697. The summed E-state index contributed by atoms with van der Waals surface area (Å²) in [6, 6.07) is 15.9. The number of aromatic carboxylic acids is 1. The highest BCUT2D eigenvalue weighted by atomic mass is 16.4. The van der Waals surface area contributed by atoms with E-state index in [0.717, 1.165) is 5.69 Å². The molecule has 0 saturated carbocycles. The highest BCUT2D eigenvalue weighted by molar-refractivity contribution is 6.04. The second kappa shape index (κ2) is 6.34. The Kier molecular flexibility index (Phi) is 4.07. The van der Waals surface area contributed by atoms with E-state index >= 15 is 0 Å². The number of para-hydroxylation sites is 1. The van der Waals surface area contributed by atoms with E-state index in [2.05, 4.69) is 11.7 Å². The van der Waals surface area contributed by atoms with Crippen molar-refractivity contribution in [3.8, 4) is 16.9 Å². The third-order valence-electron chi connectivity index (χ3n) is 3.59. The quantitative estimate of drug-likeness (QED) is 0.576. The second-order valence-corrected chi connectivity index (χ2v) is 5.12. The molecule has 0 amide bonds. The van der Waals surface area contributed by atoms with Gasteiger partial charge < -0.3 is 5.11 Å². The van der Waals surface area contributed by atoms with E-state index in [4.69, 9.17) is 0 Å². The Morgan fingerprint density at radius 3 is 2.29 bits per heavy atom. The van der Waals surface area contributed by atoms with Crippen LogP contribution in [0.25, 0.3) is 16.9 Å². The molecule has 5 heteroatoms. The number of allylic oxidation sites excluding steroid dienone is 1. The molecular formula is C19H14N2O3. The molecule has 1 heterocycles. The van der Waals surface area contributed by atoms with E-state index in [0.29, 0.717) is 16.8 Å². The van der Waals surface area contributed by atoms with Crippen molar-refractivity contribution in [2.45, 2.75) is 0 Å². The van der Waals surface area contributed by atoms with Crippen LogP contribution in [0.5, 0.6) is 0 Å². The molecular weight excluding hydrogens is 304 g/mol. The average molecular weight is 318 g/mol. The SMILES string of the molecule is C=CC(=O)c1ccc(-c2nn(-c3ccccc3)cc2C(=O)O)cc1. The Morgan fingerprint density at radius 1 is 1.04 bits per heavy atom. The molecule has 0 aliphatic carbocycles. The fourth-order valence-corrected chi connectivity index (χ4v) is 2.37. The van der Waals surface area contributed by atoms with Crippen LogP contribution in [0.3, 0.4) is 0 Å². The molecule has 0 bridgehead atoms. The molecule has 0 radical (unpaired) electrons. The number of nitrogens with zero attached hydrogens (tertiary/aromatic N) is 2. The van der Waals surface area contributed by atoms with E-state index in [-0.39, 0.29) is 11.3 Å². The molecule has 0 unspecified atom stereocenters. The maximum atomic E-state index is 11.6. The maximum absolute atomic E-state index is 11.6. The zero-order chi connectivity index (χ0) is 17.1. The summed E-state index contributed by atoms with van der Waals surface area (Å²) in [7, 11) is 0. The first kappa shape index (κ1) is 15.4. The van der Waals surface area contributed by atoms with Crippen LogP contribution >= 0.6 is 0 Å². The summed E-state index contributed by atoms with van der Waals surface area (Å²) in [6.45, 7) is 3.45. The lowest BCUT2D eigenvalue weighted by Gasteiger charge is -2.01. The fraction of sp³-hybridized carbons (Fsp3) is 0. The molecule has 118 valence electrons. The van der Waals surface area contributed by atoms with E-state index in [1.54, 1.807) is 24.3 Å². The van der Waals surface area contributed by atoms with Crippen LogP contribution in [0, 0.1) is 0 Å². The standard InChI is InChI=1S/C19H14N2O3/c1-2-17(22)13-8-10-14(11-9-13)18-16(19(23)24)12-21(20-18)15-6-4-3-5-7-15/h2-12H,1H2,(H,23,24). The maximum Gasteiger partial charge on any atom is 0.339 e. The molecule has 0 atom stereocenters. The van der Waals surface area contributed by atoms with E-state index in [1.807, 2.05) is 30.3 Å². The van der Waals surface area contributed by atoms with Crippen molar-refractivity contribution in [1.82, 2.24) is 9.78 Å². The molecule has 3 rings (SSSR count). The normalized spacial score (nSPS) is 10.3. The number of carbonyl (C=O) groups is 2. The Balaban J connectivity index is 2.07. The van der Waals surface area contributed by atoms with Crippen LogP contribution < -0.4 is 0 Å². The summed E-state index contributed by atoms with van der Waals surface area (Å²) in [5, 5.41) is 13.8. The third-order valence-corrected chi connectivity index (χ3v) is 3.59. The first-order valence-corrected chi connectivity index (χ1v) is 7.25. The number of ketones is 1.